The predicted molar refractivity (Wildman–Crippen MR) is 44.8 cm³/mol. The van der Waals surface area contributed by atoms with Gasteiger partial charge in [-0.25, -0.2) is 0 Å². The van der Waals surface area contributed by atoms with Gasteiger partial charge in [0.25, 0.3) is 0 Å². The third kappa shape index (κ3) is 1.98. The Morgan fingerprint density at radius 1 is 1.40 bits per heavy atom. The van der Waals surface area contributed by atoms with E-state index in [2.05, 4.69) is 13.8 Å². The van der Waals surface area contributed by atoms with Gasteiger partial charge in [-0.05, 0) is 25.2 Å². The Kier molecular flexibility index (Phi) is 2.72. The Balaban J connectivity index is 2.10. The first-order valence-electron chi connectivity index (χ1n) is 4.45. The molecule has 0 aromatic carbocycles. The van der Waals surface area contributed by atoms with Crippen molar-refractivity contribution in [1.82, 2.24) is 0 Å². The zero-order valence-electron chi connectivity index (χ0n) is 7.14. The molecule has 1 aliphatic carbocycles. The summed E-state index contributed by atoms with van der Waals surface area (Å²) in [5, 5.41) is 0. The summed E-state index contributed by atoms with van der Waals surface area (Å²) < 4.78 is 0. The molecule has 1 fully saturated rings. The molecule has 2 atom stereocenters. The van der Waals surface area contributed by atoms with E-state index >= 15 is 0 Å². The van der Waals surface area contributed by atoms with Gasteiger partial charge in [0.05, 0.1) is 0 Å². The van der Waals surface area contributed by atoms with Crippen molar-refractivity contribution >= 4 is 0 Å². The van der Waals surface area contributed by atoms with Gasteiger partial charge in [0.2, 0.25) is 0 Å². The van der Waals surface area contributed by atoms with E-state index in [9.17, 15) is 0 Å². The van der Waals surface area contributed by atoms with E-state index in [-0.39, 0.29) is 0 Å². The molecule has 1 rings (SSSR count). The Bertz CT molecular complexity index is 94.9. The Morgan fingerprint density at radius 2 is 2.00 bits per heavy atom. The Hall–Kier alpha value is -0.0400. The highest BCUT2D eigenvalue weighted by atomic mass is 14.6. The monoisotopic (exact) mass is 141 g/mol. The van der Waals surface area contributed by atoms with E-state index in [1.165, 1.54) is 25.7 Å². The van der Waals surface area contributed by atoms with Crippen LogP contribution < -0.4 is 5.73 Å². The van der Waals surface area contributed by atoms with Gasteiger partial charge >= 0.3 is 0 Å². The predicted octanol–water partition coefficient (Wildman–Crippen LogP) is 2.16. The molecule has 0 aromatic heterocycles. The van der Waals surface area contributed by atoms with Crippen molar-refractivity contribution in [2.75, 3.05) is 0 Å². The quantitative estimate of drug-likeness (QED) is 0.640. The van der Waals surface area contributed by atoms with E-state index in [0.29, 0.717) is 6.04 Å². The summed E-state index contributed by atoms with van der Waals surface area (Å²) in [7, 11) is 0. The summed E-state index contributed by atoms with van der Waals surface area (Å²) in [4.78, 5) is 0. The van der Waals surface area contributed by atoms with Crippen molar-refractivity contribution < 1.29 is 0 Å². The molecule has 0 heterocycles. The molecule has 0 spiro atoms. The van der Waals surface area contributed by atoms with Crippen molar-refractivity contribution in [3.63, 3.8) is 0 Å². The molecule has 1 heteroatoms. The van der Waals surface area contributed by atoms with Crippen molar-refractivity contribution in [3.8, 4) is 0 Å². The SMILES string of the molecule is CC(N)C(C)CC1CCC1. The van der Waals surface area contributed by atoms with Gasteiger partial charge in [-0.2, -0.15) is 0 Å². The number of hydrogen-bond donors (Lipinski definition) is 1. The molecular formula is C9H19N. The Morgan fingerprint density at radius 3 is 2.30 bits per heavy atom. The highest BCUT2D eigenvalue weighted by Crippen LogP contribution is 2.32. The van der Waals surface area contributed by atoms with Gasteiger partial charge in [-0.1, -0.05) is 26.2 Å². The van der Waals surface area contributed by atoms with E-state index in [1.54, 1.807) is 0 Å². The van der Waals surface area contributed by atoms with Crippen LogP contribution in [0.4, 0.5) is 0 Å². The van der Waals surface area contributed by atoms with E-state index in [1.807, 2.05) is 0 Å². The first kappa shape index (κ1) is 8.06. The first-order valence-corrected chi connectivity index (χ1v) is 4.45. The normalized spacial score (nSPS) is 25.5. The second-order valence-corrected chi connectivity index (χ2v) is 3.87. The van der Waals surface area contributed by atoms with Crippen molar-refractivity contribution in [1.29, 1.82) is 0 Å². The molecule has 0 radical (unpaired) electrons. The first-order chi connectivity index (χ1) is 4.70. The van der Waals surface area contributed by atoms with Gasteiger partial charge < -0.3 is 5.73 Å². The fraction of sp³-hybridized carbons (Fsp3) is 1.00. The summed E-state index contributed by atoms with van der Waals surface area (Å²) in [6.07, 6.45) is 5.72. The lowest BCUT2D eigenvalue weighted by molar-refractivity contribution is 0.243. The number of rotatable bonds is 3. The standard InChI is InChI=1S/C9H19N/c1-7(8(2)10)6-9-4-3-5-9/h7-9H,3-6,10H2,1-2H3. The van der Waals surface area contributed by atoms with E-state index < -0.39 is 0 Å². The topological polar surface area (TPSA) is 26.0 Å². The molecule has 60 valence electrons. The smallest absolute Gasteiger partial charge is 0.00362 e. The second kappa shape index (κ2) is 3.38. The molecule has 0 aliphatic heterocycles. The van der Waals surface area contributed by atoms with Crippen LogP contribution in [0.3, 0.4) is 0 Å². The molecular weight excluding hydrogens is 122 g/mol. The van der Waals surface area contributed by atoms with Crippen molar-refractivity contribution in [2.45, 2.75) is 45.6 Å². The summed E-state index contributed by atoms with van der Waals surface area (Å²) in [6, 6.07) is 0.389. The molecule has 1 nitrogen and oxygen atoms in total. The third-order valence-corrected chi connectivity index (χ3v) is 2.83. The lowest BCUT2D eigenvalue weighted by Gasteiger charge is -2.29. The average Bonchev–Trinajstić information content (AvgIpc) is 1.77. The van der Waals surface area contributed by atoms with Crippen LogP contribution in [-0.4, -0.2) is 6.04 Å². The van der Waals surface area contributed by atoms with E-state index in [0.717, 1.165) is 11.8 Å². The fourth-order valence-corrected chi connectivity index (χ4v) is 1.47. The minimum absolute atomic E-state index is 0.389. The molecule has 2 unspecified atom stereocenters. The maximum Gasteiger partial charge on any atom is 0.00362 e. The summed E-state index contributed by atoms with van der Waals surface area (Å²) in [5.41, 5.74) is 5.76. The van der Waals surface area contributed by atoms with Crippen LogP contribution in [0.1, 0.15) is 39.5 Å². The third-order valence-electron chi connectivity index (χ3n) is 2.83. The summed E-state index contributed by atoms with van der Waals surface area (Å²) in [6.45, 7) is 4.38. The molecule has 2 N–H and O–H groups in total. The number of hydrogen-bond acceptors (Lipinski definition) is 1. The van der Waals surface area contributed by atoms with E-state index in [4.69, 9.17) is 5.73 Å². The second-order valence-electron chi connectivity index (χ2n) is 3.87. The Labute approximate surface area is 64.0 Å². The maximum absolute atomic E-state index is 5.76. The van der Waals surface area contributed by atoms with Crippen LogP contribution in [0.15, 0.2) is 0 Å². The zero-order valence-corrected chi connectivity index (χ0v) is 7.14. The van der Waals surface area contributed by atoms with Crippen LogP contribution >= 0.6 is 0 Å². The van der Waals surface area contributed by atoms with Gasteiger partial charge in [-0.15, -0.1) is 0 Å². The lowest BCUT2D eigenvalue weighted by Crippen LogP contribution is -2.27. The van der Waals surface area contributed by atoms with Gasteiger partial charge in [0, 0.05) is 6.04 Å². The van der Waals surface area contributed by atoms with Gasteiger partial charge in [0.1, 0.15) is 0 Å². The maximum atomic E-state index is 5.76. The molecule has 0 amide bonds. The summed E-state index contributed by atoms with van der Waals surface area (Å²) in [5.74, 6) is 1.74. The lowest BCUT2D eigenvalue weighted by atomic mass is 9.78. The minimum atomic E-state index is 0.389. The van der Waals surface area contributed by atoms with Crippen LogP contribution in [0.5, 0.6) is 0 Å². The van der Waals surface area contributed by atoms with Crippen LogP contribution in [0.25, 0.3) is 0 Å². The molecule has 0 bridgehead atoms. The fourth-order valence-electron chi connectivity index (χ4n) is 1.47. The highest BCUT2D eigenvalue weighted by molar-refractivity contribution is 4.74. The van der Waals surface area contributed by atoms with Crippen LogP contribution in [-0.2, 0) is 0 Å². The minimum Gasteiger partial charge on any atom is -0.328 e. The van der Waals surface area contributed by atoms with Gasteiger partial charge in [-0.3, -0.25) is 0 Å². The molecule has 0 saturated heterocycles. The van der Waals surface area contributed by atoms with Crippen LogP contribution in [0.2, 0.25) is 0 Å². The molecule has 0 aromatic rings. The summed E-state index contributed by atoms with van der Waals surface area (Å²) >= 11 is 0. The molecule has 10 heavy (non-hydrogen) atoms. The molecule has 1 saturated carbocycles. The average molecular weight is 141 g/mol. The number of nitrogens with two attached hydrogens (primary N) is 1. The van der Waals surface area contributed by atoms with Crippen molar-refractivity contribution in [3.05, 3.63) is 0 Å². The molecule has 1 aliphatic rings. The largest absolute Gasteiger partial charge is 0.328 e. The van der Waals surface area contributed by atoms with Crippen LogP contribution in [0, 0.1) is 11.8 Å². The van der Waals surface area contributed by atoms with Crippen molar-refractivity contribution in [2.24, 2.45) is 17.6 Å². The zero-order chi connectivity index (χ0) is 7.56. The highest BCUT2D eigenvalue weighted by Gasteiger charge is 2.21. The van der Waals surface area contributed by atoms with Gasteiger partial charge in [0.15, 0.2) is 0 Å².